The van der Waals surface area contributed by atoms with E-state index in [0.717, 1.165) is 9.78 Å². The molecule has 7 heteroatoms. The molecular formula is C12H16N2O4S. The Hall–Kier alpha value is -1.89. The molecule has 0 saturated carbocycles. The molecule has 1 atom stereocenters. The van der Waals surface area contributed by atoms with E-state index in [2.05, 4.69) is 5.32 Å². The number of aryl methyl sites for hydroxylation is 1. The van der Waals surface area contributed by atoms with E-state index in [1.807, 2.05) is 13.0 Å². The molecule has 0 spiro atoms. The van der Waals surface area contributed by atoms with Crippen molar-refractivity contribution < 1.29 is 19.5 Å². The van der Waals surface area contributed by atoms with E-state index >= 15 is 0 Å². The van der Waals surface area contributed by atoms with Crippen LogP contribution in [0.15, 0.2) is 12.1 Å². The number of nitrogens with one attached hydrogen (secondary N) is 1. The van der Waals surface area contributed by atoms with Gasteiger partial charge in [0.2, 0.25) is 5.91 Å². The summed E-state index contributed by atoms with van der Waals surface area (Å²) in [4.78, 5) is 36.7. The van der Waals surface area contributed by atoms with Gasteiger partial charge in [-0.2, -0.15) is 0 Å². The molecule has 1 heterocycles. The zero-order valence-corrected chi connectivity index (χ0v) is 11.8. The third-order valence-corrected chi connectivity index (χ3v) is 3.70. The predicted octanol–water partition coefficient (Wildman–Crippen LogP) is 0.718. The fraction of sp³-hybridized carbons (Fsp3) is 0.417. The van der Waals surface area contributed by atoms with Crippen molar-refractivity contribution in [3.8, 4) is 0 Å². The maximum atomic E-state index is 11.7. The molecule has 0 aromatic carbocycles. The van der Waals surface area contributed by atoms with Crippen molar-refractivity contribution in [3.05, 3.63) is 21.9 Å². The zero-order valence-electron chi connectivity index (χ0n) is 11.0. The zero-order chi connectivity index (χ0) is 14.6. The molecule has 104 valence electrons. The molecular weight excluding hydrogens is 268 g/mol. The van der Waals surface area contributed by atoms with Crippen LogP contribution in [0.5, 0.6) is 0 Å². The van der Waals surface area contributed by atoms with E-state index < -0.39 is 17.9 Å². The van der Waals surface area contributed by atoms with Gasteiger partial charge in [0.1, 0.15) is 6.04 Å². The van der Waals surface area contributed by atoms with Crippen LogP contribution in [0.25, 0.3) is 0 Å². The topological polar surface area (TPSA) is 86.7 Å². The summed E-state index contributed by atoms with van der Waals surface area (Å²) in [6.45, 7) is 3.07. The number of carbonyl (C=O) groups excluding carboxylic acids is 2. The van der Waals surface area contributed by atoms with E-state index in [-0.39, 0.29) is 12.5 Å². The van der Waals surface area contributed by atoms with Crippen LogP contribution in [0.4, 0.5) is 0 Å². The number of hydrogen-bond donors (Lipinski definition) is 2. The number of rotatable bonds is 5. The molecule has 2 N–H and O–H groups in total. The van der Waals surface area contributed by atoms with Crippen molar-refractivity contribution in [2.45, 2.75) is 19.9 Å². The number of thiophene rings is 1. The number of hydrogen-bond acceptors (Lipinski definition) is 4. The van der Waals surface area contributed by atoms with Crippen LogP contribution in [0.1, 0.15) is 21.5 Å². The lowest BCUT2D eigenvalue weighted by atomic mass is 10.3. The van der Waals surface area contributed by atoms with Crippen molar-refractivity contribution in [1.82, 2.24) is 10.2 Å². The molecule has 0 bridgehead atoms. The molecule has 0 aliphatic carbocycles. The fourth-order valence-electron chi connectivity index (χ4n) is 1.31. The van der Waals surface area contributed by atoms with Gasteiger partial charge in [-0.1, -0.05) is 0 Å². The summed E-state index contributed by atoms with van der Waals surface area (Å²) in [5.74, 6) is -1.87. The second-order valence-corrected chi connectivity index (χ2v) is 5.40. The highest BCUT2D eigenvalue weighted by molar-refractivity contribution is 7.13. The predicted molar refractivity (Wildman–Crippen MR) is 71.3 cm³/mol. The number of nitrogens with zero attached hydrogens (tertiary/aromatic N) is 1. The quantitative estimate of drug-likeness (QED) is 0.834. The summed E-state index contributed by atoms with van der Waals surface area (Å²) < 4.78 is 0. The first-order valence-corrected chi connectivity index (χ1v) is 6.47. The molecule has 0 radical (unpaired) electrons. The Morgan fingerprint density at radius 2 is 2.05 bits per heavy atom. The number of amides is 2. The molecule has 1 rings (SSSR count). The third-order valence-electron chi connectivity index (χ3n) is 2.70. The van der Waals surface area contributed by atoms with Gasteiger partial charge in [-0.05, 0) is 26.0 Å². The van der Waals surface area contributed by atoms with E-state index in [1.54, 1.807) is 6.07 Å². The Kier molecular flexibility index (Phi) is 5.05. The molecule has 0 aliphatic heterocycles. The average molecular weight is 284 g/mol. The molecule has 1 unspecified atom stereocenters. The van der Waals surface area contributed by atoms with E-state index in [9.17, 15) is 14.4 Å². The van der Waals surface area contributed by atoms with E-state index in [1.165, 1.54) is 25.3 Å². The van der Waals surface area contributed by atoms with Crippen LogP contribution in [0.3, 0.4) is 0 Å². The maximum Gasteiger partial charge on any atom is 0.326 e. The second-order valence-electron chi connectivity index (χ2n) is 4.11. The van der Waals surface area contributed by atoms with Crippen LogP contribution in [0, 0.1) is 6.92 Å². The molecule has 6 nitrogen and oxygen atoms in total. The van der Waals surface area contributed by atoms with Crippen LogP contribution < -0.4 is 5.32 Å². The Bertz CT molecular complexity index is 498. The van der Waals surface area contributed by atoms with Crippen LogP contribution in [-0.4, -0.2) is 47.4 Å². The van der Waals surface area contributed by atoms with Gasteiger partial charge in [0.05, 0.1) is 11.4 Å². The maximum absolute atomic E-state index is 11.7. The summed E-state index contributed by atoms with van der Waals surface area (Å²) in [7, 11) is 1.39. The van der Waals surface area contributed by atoms with Crippen LogP contribution in [-0.2, 0) is 9.59 Å². The fourth-order valence-corrected chi connectivity index (χ4v) is 2.09. The van der Waals surface area contributed by atoms with Gasteiger partial charge in [0, 0.05) is 11.9 Å². The molecule has 0 saturated heterocycles. The summed E-state index contributed by atoms with van der Waals surface area (Å²) >= 11 is 1.34. The van der Waals surface area contributed by atoms with Gasteiger partial charge < -0.3 is 15.3 Å². The SMILES string of the molecule is Cc1ccc(C(=O)NCC(=O)N(C)C(C)C(=O)O)s1. The summed E-state index contributed by atoms with van der Waals surface area (Å²) in [5.41, 5.74) is 0. The van der Waals surface area contributed by atoms with Gasteiger partial charge in [0.15, 0.2) is 0 Å². The van der Waals surface area contributed by atoms with E-state index in [4.69, 9.17) is 5.11 Å². The number of carbonyl (C=O) groups is 3. The Balaban J connectivity index is 2.50. The van der Waals surface area contributed by atoms with Crippen molar-refractivity contribution in [2.24, 2.45) is 0 Å². The molecule has 2 amide bonds. The largest absolute Gasteiger partial charge is 0.480 e. The molecule has 1 aromatic heterocycles. The van der Waals surface area contributed by atoms with Gasteiger partial charge in [-0.15, -0.1) is 11.3 Å². The van der Waals surface area contributed by atoms with Crippen LogP contribution in [0.2, 0.25) is 0 Å². The van der Waals surface area contributed by atoms with Crippen molar-refractivity contribution in [2.75, 3.05) is 13.6 Å². The Labute approximate surface area is 115 Å². The van der Waals surface area contributed by atoms with E-state index in [0.29, 0.717) is 4.88 Å². The van der Waals surface area contributed by atoms with Crippen molar-refractivity contribution >= 4 is 29.1 Å². The lowest BCUT2D eigenvalue weighted by Gasteiger charge is -2.21. The normalized spacial score (nSPS) is 11.7. The average Bonchev–Trinajstić information content (AvgIpc) is 2.80. The lowest BCUT2D eigenvalue weighted by Crippen LogP contribution is -2.45. The molecule has 19 heavy (non-hydrogen) atoms. The van der Waals surface area contributed by atoms with Gasteiger partial charge in [-0.25, -0.2) is 4.79 Å². The standard InChI is InChI=1S/C12H16N2O4S/c1-7-4-5-9(19-7)11(16)13-6-10(15)14(3)8(2)12(17)18/h4-5,8H,6H2,1-3H3,(H,13,16)(H,17,18). The molecule has 0 aliphatic rings. The number of carboxylic acids is 1. The minimum absolute atomic E-state index is 0.218. The molecule has 1 aromatic rings. The third kappa shape index (κ3) is 4.06. The summed E-state index contributed by atoms with van der Waals surface area (Å²) in [6.07, 6.45) is 0. The van der Waals surface area contributed by atoms with Crippen LogP contribution >= 0.6 is 11.3 Å². The van der Waals surface area contributed by atoms with Gasteiger partial charge in [0.25, 0.3) is 5.91 Å². The van der Waals surface area contributed by atoms with Crippen molar-refractivity contribution in [1.29, 1.82) is 0 Å². The van der Waals surface area contributed by atoms with Gasteiger partial charge >= 0.3 is 5.97 Å². The first kappa shape index (κ1) is 15.2. The number of carboxylic acid groups (broad SMARTS) is 1. The minimum Gasteiger partial charge on any atom is -0.480 e. The van der Waals surface area contributed by atoms with Crippen molar-refractivity contribution in [3.63, 3.8) is 0 Å². The minimum atomic E-state index is -1.09. The number of likely N-dealkylation sites (N-methyl/N-ethyl adjacent to an activating group) is 1. The first-order chi connectivity index (χ1) is 8.82. The highest BCUT2D eigenvalue weighted by atomic mass is 32.1. The second kappa shape index (κ2) is 6.33. The smallest absolute Gasteiger partial charge is 0.326 e. The highest BCUT2D eigenvalue weighted by Gasteiger charge is 2.22. The summed E-state index contributed by atoms with van der Waals surface area (Å²) in [5, 5.41) is 11.3. The lowest BCUT2D eigenvalue weighted by molar-refractivity contribution is -0.147. The highest BCUT2D eigenvalue weighted by Crippen LogP contribution is 2.14. The number of aliphatic carboxylic acids is 1. The Morgan fingerprint density at radius 1 is 1.42 bits per heavy atom. The summed E-state index contributed by atoms with van der Waals surface area (Å²) in [6, 6.07) is 2.58. The first-order valence-electron chi connectivity index (χ1n) is 5.66. The molecule has 0 fully saturated rings. The Morgan fingerprint density at radius 3 is 2.53 bits per heavy atom. The van der Waals surface area contributed by atoms with Gasteiger partial charge in [-0.3, -0.25) is 9.59 Å². The monoisotopic (exact) mass is 284 g/mol.